The van der Waals surface area contributed by atoms with Crippen LogP contribution in [0.1, 0.15) is 44.7 Å². The molecule has 6 nitrogen and oxygen atoms in total. The molecule has 1 amide bonds. The van der Waals surface area contributed by atoms with Crippen LogP contribution >= 0.6 is 11.6 Å². The van der Waals surface area contributed by atoms with E-state index in [0.717, 1.165) is 42.9 Å². The fraction of sp³-hybridized carbons (Fsp3) is 0.417. The van der Waals surface area contributed by atoms with Crippen molar-refractivity contribution in [3.63, 3.8) is 0 Å². The highest BCUT2D eigenvalue weighted by molar-refractivity contribution is 6.40. The normalized spacial score (nSPS) is 21.6. The minimum atomic E-state index is -0.141. The quantitative estimate of drug-likeness (QED) is 0.700. The van der Waals surface area contributed by atoms with Crippen LogP contribution in [0.5, 0.6) is 5.75 Å². The molecule has 1 N–H and O–H groups in total. The molecule has 164 valence electrons. The standard InChI is InChI=1S/C24H29ClN4O2/c1-3-31-19-13-11-18(12-14-19)23-17(2)22(24(30)27-28-15-7-4-8-16-28)26-29(23)21-10-6-5-9-20(21)25/h5-6,9-14,17,23H,3-4,7-8,15-16H2,1-2H3,(H,27,30)/t17-,23-/m0/s1. The smallest absolute Gasteiger partial charge is 0.282 e. The van der Waals surface area contributed by atoms with Crippen molar-refractivity contribution in [1.82, 2.24) is 10.4 Å². The summed E-state index contributed by atoms with van der Waals surface area (Å²) in [5.41, 5.74) is 5.42. The van der Waals surface area contributed by atoms with Crippen molar-refractivity contribution in [2.24, 2.45) is 11.0 Å². The van der Waals surface area contributed by atoms with Crippen molar-refractivity contribution >= 4 is 28.9 Å². The number of hydrogen-bond acceptors (Lipinski definition) is 5. The van der Waals surface area contributed by atoms with Crippen LogP contribution in [0, 0.1) is 5.92 Å². The minimum Gasteiger partial charge on any atom is -0.494 e. The number of hydrogen-bond donors (Lipinski definition) is 1. The molecule has 1 fully saturated rings. The first-order valence-electron chi connectivity index (χ1n) is 11.0. The van der Waals surface area contributed by atoms with Gasteiger partial charge in [0.25, 0.3) is 5.91 Å². The van der Waals surface area contributed by atoms with Gasteiger partial charge in [-0.05, 0) is 49.6 Å². The van der Waals surface area contributed by atoms with Gasteiger partial charge < -0.3 is 4.74 Å². The molecule has 2 aliphatic heterocycles. The molecule has 31 heavy (non-hydrogen) atoms. The zero-order chi connectivity index (χ0) is 21.8. The Labute approximate surface area is 188 Å². The summed E-state index contributed by atoms with van der Waals surface area (Å²) in [7, 11) is 0. The van der Waals surface area contributed by atoms with E-state index in [-0.39, 0.29) is 17.9 Å². The number of nitrogens with one attached hydrogen (secondary N) is 1. The number of nitrogens with zero attached hydrogens (tertiary/aromatic N) is 3. The SMILES string of the molecule is CCOc1ccc([C@@H]2[C@@H](C)C(C(=O)NN3CCCCC3)=NN2c2ccccc2Cl)cc1. The minimum absolute atomic E-state index is 0.112. The van der Waals surface area contributed by atoms with E-state index in [4.69, 9.17) is 21.4 Å². The van der Waals surface area contributed by atoms with Crippen molar-refractivity contribution in [1.29, 1.82) is 0 Å². The van der Waals surface area contributed by atoms with Gasteiger partial charge in [0, 0.05) is 19.0 Å². The van der Waals surface area contributed by atoms with Crippen LogP contribution in [0.25, 0.3) is 0 Å². The molecular weight excluding hydrogens is 412 g/mol. The topological polar surface area (TPSA) is 57.2 Å². The average Bonchev–Trinajstić information content (AvgIpc) is 3.12. The van der Waals surface area contributed by atoms with E-state index in [2.05, 4.69) is 5.43 Å². The zero-order valence-electron chi connectivity index (χ0n) is 18.1. The van der Waals surface area contributed by atoms with Gasteiger partial charge in [-0.3, -0.25) is 15.2 Å². The fourth-order valence-electron chi connectivity index (χ4n) is 4.29. The van der Waals surface area contributed by atoms with Gasteiger partial charge in [0.2, 0.25) is 0 Å². The maximum atomic E-state index is 13.1. The number of benzene rings is 2. The molecule has 0 spiro atoms. The summed E-state index contributed by atoms with van der Waals surface area (Å²) < 4.78 is 5.59. The Morgan fingerprint density at radius 2 is 1.84 bits per heavy atom. The number of para-hydroxylation sites is 1. The molecule has 0 aliphatic carbocycles. The maximum Gasteiger partial charge on any atom is 0.282 e. The first-order chi connectivity index (χ1) is 15.1. The number of amides is 1. The van der Waals surface area contributed by atoms with Gasteiger partial charge in [-0.2, -0.15) is 5.10 Å². The lowest BCUT2D eigenvalue weighted by molar-refractivity contribution is -0.120. The summed E-state index contributed by atoms with van der Waals surface area (Å²) in [4.78, 5) is 13.1. The third-order valence-electron chi connectivity index (χ3n) is 5.86. The maximum absolute atomic E-state index is 13.1. The van der Waals surface area contributed by atoms with E-state index in [0.29, 0.717) is 17.3 Å². The van der Waals surface area contributed by atoms with Gasteiger partial charge in [0.05, 0.1) is 23.4 Å². The van der Waals surface area contributed by atoms with Crippen molar-refractivity contribution in [3.8, 4) is 5.75 Å². The molecule has 7 heteroatoms. The number of halogens is 1. The van der Waals surface area contributed by atoms with Gasteiger partial charge >= 0.3 is 0 Å². The number of anilines is 1. The number of hydrazine groups is 1. The molecular formula is C24H29ClN4O2. The van der Waals surface area contributed by atoms with Crippen molar-refractivity contribution in [3.05, 3.63) is 59.1 Å². The van der Waals surface area contributed by atoms with E-state index >= 15 is 0 Å². The van der Waals surface area contributed by atoms with Crippen molar-refractivity contribution in [2.75, 3.05) is 24.7 Å². The second-order valence-corrected chi connectivity index (χ2v) is 8.41. The molecule has 0 saturated carbocycles. The van der Waals surface area contributed by atoms with Crippen LogP contribution in [-0.4, -0.2) is 36.3 Å². The lowest BCUT2D eigenvalue weighted by Crippen LogP contribution is -2.48. The number of carbonyl (C=O) groups is 1. The highest BCUT2D eigenvalue weighted by atomic mass is 35.5. The Morgan fingerprint density at radius 3 is 2.52 bits per heavy atom. The number of rotatable bonds is 6. The van der Waals surface area contributed by atoms with Crippen LogP contribution in [0.15, 0.2) is 53.6 Å². The molecule has 1 saturated heterocycles. The number of ether oxygens (including phenoxy) is 1. The van der Waals surface area contributed by atoms with Gasteiger partial charge in [-0.1, -0.05) is 49.2 Å². The Morgan fingerprint density at radius 1 is 1.13 bits per heavy atom. The molecule has 2 heterocycles. The molecule has 2 aliphatic rings. The summed E-state index contributed by atoms with van der Waals surface area (Å²) in [6, 6.07) is 15.5. The van der Waals surface area contributed by atoms with Gasteiger partial charge in [-0.15, -0.1) is 0 Å². The molecule has 2 atom stereocenters. The largest absolute Gasteiger partial charge is 0.494 e. The summed E-state index contributed by atoms with van der Waals surface area (Å²) >= 11 is 6.51. The predicted molar refractivity (Wildman–Crippen MR) is 124 cm³/mol. The predicted octanol–water partition coefficient (Wildman–Crippen LogP) is 4.81. The van der Waals surface area contributed by atoms with Crippen molar-refractivity contribution in [2.45, 2.75) is 39.2 Å². The van der Waals surface area contributed by atoms with E-state index < -0.39 is 0 Å². The Bertz CT molecular complexity index is 941. The molecule has 0 radical (unpaired) electrons. The number of piperidine rings is 1. The summed E-state index contributed by atoms with van der Waals surface area (Å²) in [5.74, 6) is 0.573. The molecule has 0 bridgehead atoms. The van der Waals surface area contributed by atoms with Gasteiger partial charge in [-0.25, -0.2) is 5.01 Å². The second kappa shape index (κ2) is 9.71. The van der Waals surface area contributed by atoms with Crippen LogP contribution in [0.4, 0.5) is 5.69 Å². The molecule has 0 aromatic heterocycles. The van der Waals surface area contributed by atoms with Crippen LogP contribution in [0.2, 0.25) is 5.02 Å². The van der Waals surface area contributed by atoms with E-state index in [9.17, 15) is 4.79 Å². The Kier molecular flexibility index (Phi) is 6.78. The van der Waals surface area contributed by atoms with Crippen molar-refractivity contribution < 1.29 is 9.53 Å². The highest BCUT2D eigenvalue weighted by Gasteiger charge is 2.40. The second-order valence-electron chi connectivity index (χ2n) is 8.01. The lowest BCUT2D eigenvalue weighted by Gasteiger charge is -2.28. The van der Waals surface area contributed by atoms with Crippen LogP contribution in [0.3, 0.4) is 0 Å². The third kappa shape index (κ3) is 4.70. The molecule has 0 unspecified atom stereocenters. The first kappa shape index (κ1) is 21.7. The van der Waals surface area contributed by atoms with E-state index in [1.807, 2.05) is 72.4 Å². The number of carbonyl (C=O) groups excluding carboxylic acids is 1. The number of hydrazone groups is 1. The lowest BCUT2D eigenvalue weighted by atomic mass is 9.91. The van der Waals surface area contributed by atoms with E-state index in [1.165, 1.54) is 6.42 Å². The Balaban J connectivity index is 1.64. The first-order valence-corrected chi connectivity index (χ1v) is 11.4. The van der Waals surface area contributed by atoms with E-state index in [1.54, 1.807) is 0 Å². The average molecular weight is 441 g/mol. The molecule has 4 rings (SSSR count). The highest BCUT2D eigenvalue weighted by Crippen LogP contribution is 2.42. The monoisotopic (exact) mass is 440 g/mol. The molecule has 2 aromatic carbocycles. The Hall–Kier alpha value is -2.57. The zero-order valence-corrected chi connectivity index (χ0v) is 18.8. The van der Waals surface area contributed by atoms with Crippen LogP contribution in [-0.2, 0) is 4.79 Å². The summed E-state index contributed by atoms with van der Waals surface area (Å²) in [5, 5.41) is 9.27. The molecule has 2 aromatic rings. The van der Waals surface area contributed by atoms with Gasteiger partial charge in [0.15, 0.2) is 0 Å². The summed E-state index contributed by atoms with van der Waals surface area (Å²) in [6.07, 6.45) is 3.41. The third-order valence-corrected chi connectivity index (χ3v) is 6.18. The van der Waals surface area contributed by atoms with Crippen LogP contribution < -0.4 is 15.2 Å². The summed E-state index contributed by atoms with van der Waals surface area (Å²) in [6.45, 7) is 6.39. The van der Waals surface area contributed by atoms with Gasteiger partial charge in [0.1, 0.15) is 11.5 Å². The fourth-order valence-corrected chi connectivity index (χ4v) is 4.51.